The van der Waals surface area contributed by atoms with Crippen molar-refractivity contribution in [3.8, 4) is 5.75 Å². The number of nitrogens with one attached hydrogen (secondary N) is 1. The number of benzene rings is 1. The van der Waals surface area contributed by atoms with Crippen molar-refractivity contribution in [1.29, 1.82) is 0 Å². The number of nitro benzene ring substituents is 1. The lowest BCUT2D eigenvalue weighted by molar-refractivity contribution is -0.384. The van der Waals surface area contributed by atoms with Gasteiger partial charge in [0.15, 0.2) is 5.69 Å². The fourth-order valence-electron chi connectivity index (χ4n) is 1.91. The summed E-state index contributed by atoms with van der Waals surface area (Å²) in [4.78, 5) is 21.6. The Hall–Kier alpha value is -2.57. The van der Waals surface area contributed by atoms with Crippen molar-refractivity contribution in [2.45, 2.75) is 12.5 Å². The Labute approximate surface area is 109 Å². The Morgan fingerprint density at radius 1 is 1.68 bits per heavy atom. The molecule has 100 valence electrons. The number of nitrogens with two attached hydrogens (primary N) is 1. The Balaban J connectivity index is 2.47. The molecule has 0 bridgehead atoms. The maximum atomic E-state index is 11.1. The molecule has 0 radical (unpaired) electrons. The molecule has 0 unspecified atom stereocenters. The van der Waals surface area contributed by atoms with Gasteiger partial charge in [0.25, 0.3) is 5.69 Å². The standard InChI is InChI=1S/C12H13N3O4/c1-2-3-8-6-19-10-5-7(12(13)16)4-9(15(17)18)11(10)14-8/h2,4-5,8,14H,1,3,6H2,(H2,13,16)/t8-/m0/s1. The molecule has 0 fully saturated rings. The van der Waals surface area contributed by atoms with E-state index in [-0.39, 0.29) is 28.7 Å². The lowest BCUT2D eigenvalue weighted by Gasteiger charge is -2.26. The van der Waals surface area contributed by atoms with Gasteiger partial charge in [0.05, 0.1) is 11.0 Å². The van der Waals surface area contributed by atoms with E-state index in [4.69, 9.17) is 10.5 Å². The molecule has 0 saturated carbocycles. The number of hydrogen-bond donors (Lipinski definition) is 2. The van der Waals surface area contributed by atoms with E-state index in [1.54, 1.807) is 6.08 Å². The summed E-state index contributed by atoms with van der Waals surface area (Å²) < 4.78 is 5.45. The van der Waals surface area contributed by atoms with Crippen molar-refractivity contribution < 1.29 is 14.5 Å². The number of hydrogen-bond acceptors (Lipinski definition) is 5. The van der Waals surface area contributed by atoms with Crippen molar-refractivity contribution in [2.24, 2.45) is 5.73 Å². The predicted octanol–water partition coefficient (Wildman–Crippen LogP) is 1.44. The molecule has 0 aromatic heterocycles. The molecular weight excluding hydrogens is 250 g/mol. The summed E-state index contributed by atoms with van der Waals surface area (Å²) in [5.41, 5.74) is 5.24. The van der Waals surface area contributed by atoms with Crippen molar-refractivity contribution in [3.05, 3.63) is 40.5 Å². The van der Waals surface area contributed by atoms with Crippen LogP contribution in [0.2, 0.25) is 0 Å². The molecule has 1 aromatic carbocycles. The van der Waals surface area contributed by atoms with Gasteiger partial charge in [0.2, 0.25) is 5.91 Å². The first kappa shape index (κ1) is 12.9. The predicted molar refractivity (Wildman–Crippen MR) is 69.3 cm³/mol. The highest BCUT2D eigenvalue weighted by Crippen LogP contribution is 2.39. The summed E-state index contributed by atoms with van der Waals surface area (Å²) in [5.74, 6) is -0.467. The number of carbonyl (C=O) groups excluding carboxylic acids is 1. The lowest BCUT2D eigenvalue weighted by Crippen LogP contribution is -2.31. The molecule has 3 N–H and O–H groups in total. The first-order valence-electron chi connectivity index (χ1n) is 5.65. The molecule has 1 amide bonds. The van der Waals surface area contributed by atoms with Crippen LogP contribution in [-0.4, -0.2) is 23.5 Å². The number of anilines is 1. The second kappa shape index (κ2) is 4.97. The van der Waals surface area contributed by atoms with E-state index in [1.165, 1.54) is 6.07 Å². The van der Waals surface area contributed by atoms with Gasteiger partial charge in [-0.3, -0.25) is 14.9 Å². The maximum absolute atomic E-state index is 11.1. The maximum Gasteiger partial charge on any atom is 0.296 e. The van der Waals surface area contributed by atoms with Gasteiger partial charge in [-0.25, -0.2) is 0 Å². The number of carbonyl (C=O) groups is 1. The molecular formula is C12H13N3O4. The molecule has 1 heterocycles. The third-order valence-electron chi connectivity index (χ3n) is 2.80. The van der Waals surface area contributed by atoms with Crippen LogP contribution in [0.1, 0.15) is 16.8 Å². The first-order chi connectivity index (χ1) is 9.02. The molecule has 7 nitrogen and oxygen atoms in total. The Morgan fingerprint density at radius 3 is 3.00 bits per heavy atom. The van der Waals surface area contributed by atoms with Gasteiger partial charge in [-0.2, -0.15) is 0 Å². The summed E-state index contributed by atoms with van der Waals surface area (Å²) in [5, 5.41) is 14.1. The van der Waals surface area contributed by atoms with Crippen LogP contribution >= 0.6 is 0 Å². The summed E-state index contributed by atoms with van der Waals surface area (Å²) in [6, 6.07) is 2.47. The van der Waals surface area contributed by atoms with E-state index in [1.807, 2.05) is 0 Å². The molecule has 0 saturated heterocycles. The zero-order valence-corrected chi connectivity index (χ0v) is 10.1. The number of ether oxygens (including phenoxy) is 1. The van der Waals surface area contributed by atoms with Gasteiger partial charge in [0, 0.05) is 11.6 Å². The zero-order chi connectivity index (χ0) is 14.0. The molecule has 1 aliphatic rings. The van der Waals surface area contributed by atoms with Gasteiger partial charge in [-0.1, -0.05) is 6.08 Å². The molecule has 0 spiro atoms. The fourth-order valence-corrected chi connectivity index (χ4v) is 1.91. The van der Waals surface area contributed by atoms with E-state index >= 15 is 0 Å². The van der Waals surface area contributed by atoms with Crippen LogP contribution < -0.4 is 15.8 Å². The largest absolute Gasteiger partial charge is 0.489 e. The molecule has 1 aromatic rings. The highest BCUT2D eigenvalue weighted by molar-refractivity contribution is 5.95. The van der Waals surface area contributed by atoms with E-state index in [0.717, 1.165) is 6.07 Å². The third-order valence-corrected chi connectivity index (χ3v) is 2.80. The minimum atomic E-state index is -0.734. The topological polar surface area (TPSA) is 107 Å². The highest BCUT2D eigenvalue weighted by atomic mass is 16.6. The summed E-state index contributed by atoms with van der Waals surface area (Å²) >= 11 is 0. The smallest absolute Gasteiger partial charge is 0.296 e. The monoisotopic (exact) mass is 263 g/mol. The van der Waals surface area contributed by atoms with Gasteiger partial charge in [-0.05, 0) is 12.5 Å². The lowest BCUT2D eigenvalue weighted by atomic mass is 10.1. The zero-order valence-electron chi connectivity index (χ0n) is 10.1. The molecule has 1 atom stereocenters. The molecule has 2 rings (SSSR count). The Bertz CT molecular complexity index is 556. The van der Waals surface area contributed by atoms with Crippen LogP contribution in [0.4, 0.5) is 11.4 Å². The van der Waals surface area contributed by atoms with Crippen LogP contribution in [-0.2, 0) is 0 Å². The Morgan fingerprint density at radius 2 is 2.42 bits per heavy atom. The normalized spacial score (nSPS) is 16.7. The van der Waals surface area contributed by atoms with E-state index in [2.05, 4.69) is 11.9 Å². The summed E-state index contributed by atoms with van der Waals surface area (Å²) in [6.45, 7) is 3.96. The van der Waals surface area contributed by atoms with Crippen LogP contribution in [0.25, 0.3) is 0 Å². The quantitative estimate of drug-likeness (QED) is 0.485. The van der Waals surface area contributed by atoms with Gasteiger partial charge < -0.3 is 15.8 Å². The second-order valence-corrected chi connectivity index (χ2v) is 4.17. The molecule has 0 aliphatic carbocycles. The second-order valence-electron chi connectivity index (χ2n) is 4.17. The van der Waals surface area contributed by atoms with E-state index < -0.39 is 10.8 Å². The van der Waals surface area contributed by atoms with Crippen LogP contribution in [0, 0.1) is 10.1 Å². The summed E-state index contributed by atoms with van der Waals surface area (Å²) in [7, 11) is 0. The van der Waals surface area contributed by atoms with Crippen LogP contribution in [0.5, 0.6) is 5.75 Å². The number of amides is 1. The van der Waals surface area contributed by atoms with Crippen molar-refractivity contribution in [1.82, 2.24) is 0 Å². The van der Waals surface area contributed by atoms with Crippen LogP contribution in [0.3, 0.4) is 0 Å². The SMILES string of the molecule is C=CC[C@H]1COc2cc(C(N)=O)cc([N+](=O)[O-])c2N1. The number of nitrogens with zero attached hydrogens (tertiary/aromatic N) is 1. The van der Waals surface area contributed by atoms with Gasteiger partial charge >= 0.3 is 0 Å². The minimum absolute atomic E-state index is 0.0504. The number of fused-ring (bicyclic) bond motifs is 1. The average Bonchev–Trinajstić information content (AvgIpc) is 2.37. The van der Waals surface area contributed by atoms with Crippen molar-refractivity contribution in [3.63, 3.8) is 0 Å². The Kier molecular flexibility index (Phi) is 3.37. The number of nitro groups is 1. The van der Waals surface area contributed by atoms with E-state index in [9.17, 15) is 14.9 Å². The van der Waals surface area contributed by atoms with Crippen molar-refractivity contribution in [2.75, 3.05) is 11.9 Å². The molecule has 1 aliphatic heterocycles. The minimum Gasteiger partial charge on any atom is -0.489 e. The number of primary amides is 1. The highest BCUT2D eigenvalue weighted by Gasteiger charge is 2.28. The average molecular weight is 263 g/mol. The fraction of sp³-hybridized carbons (Fsp3) is 0.250. The van der Waals surface area contributed by atoms with Crippen LogP contribution in [0.15, 0.2) is 24.8 Å². The summed E-state index contributed by atoms with van der Waals surface area (Å²) in [6.07, 6.45) is 2.32. The van der Waals surface area contributed by atoms with E-state index in [0.29, 0.717) is 13.0 Å². The number of rotatable bonds is 4. The van der Waals surface area contributed by atoms with Gasteiger partial charge in [-0.15, -0.1) is 6.58 Å². The molecule has 19 heavy (non-hydrogen) atoms. The van der Waals surface area contributed by atoms with Crippen molar-refractivity contribution >= 4 is 17.3 Å². The first-order valence-corrected chi connectivity index (χ1v) is 5.65. The third kappa shape index (κ3) is 2.49. The van der Waals surface area contributed by atoms with Gasteiger partial charge in [0.1, 0.15) is 12.4 Å². The molecule has 7 heteroatoms.